The van der Waals surface area contributed by atoms with Gasteiger partial charge in [-0.3, -0.25) is 9.36 Å². The maximum absolute atomic E-state index is 12.8. The third-order valence-electron chi connectivity index (χ3n) is 7.21. The van der Waals surface area contributed by atoms with E-state index < -0.39 is 0 Å². The third kappa shape index (κ3) is 11.8. The smallest absolute Gasteiger partial charge is 0.231 e. The minimum absolute atomic E-state index is 0.134. The molecule has 0 aliphatic heterocycles. The number of hydrogen-bond acceptors (Lipinski definition) is 3. The Morgan fingerprint density at radius 2 is 1.39 bits per heavy atom. The molecule has 0 spiro atoms. The van der Waals surface area contributed by atoms with E-state index in [1.807, 2.05) is 12.3 Å². The van der Waals surface area contributed by atoms with Gasteiger partial charge >= 0.3 is 0 Å². The topological polar surface area (TPSA) is 68.2 Å². The Morgan fingerprint density at radius 3 is 1.97 bits per heavy atom. The van der Waals surface area contributed by atoms with Gasteiger partial charge in [0.25, 0.3) is 0 Å². The molecule has 0 aliphatic rings. The maximum atomic E-state index is 12.8. The molecule has 2 rings (SSSR count). The third-order valence-corrected chi connectivity index (χ3v) is 7.21. The van der Waals surface area contributed by atoms with Crippen LogP contribution in [0.25, 0.3) is 10.9 Å². The molecule has 0 fully saturated rings. The minimum atomic E-state index is 0.134. The number of rotatable bonds is 21. The lowest BCUT2D eigenvalue weighted by atomic mass is 10.1. The lowest BCUT2D eigenvalue weighted by Gasteiger charge is -2.05. The summed E-state index contributed by atoms with van der Waals surface area (Å²) in [7, 11) is 0. The Kier molecular flexibility index (Phi) is 16.0. The second kappa shape index (κ2) is 19.1. The SMILES string of the molecule is CCCCCCCC/C=C/CCCCCCCCCCCC(=O)n1cc(CCN)c2cc(O)ccc21. The zero-order valence-corrected chi connectivity index (χ0v) is 23.0. The molecule has 1 heterocycles. The highest BCUT2D eigenvalue weighted by Gasteiger charge is 2.13. The molecule has 0 aliphatic carbocycles. The molecule has 0 amide bonds. The van der Waals surface area contributed by atoms with E-state index in [9.17, 15) is 9.90 Å². The van der Waals surface area contributed by atoms with Crippen LogP contribution in [0, 0.1) is 0 Å². The molecule has 36 heavy (non-hydrogen) atoms. The number of fused-ring (bicyclic) bond motifs is 1. The van der Waals surface area contributed by atoms with Crippen molar-refractivity contribution in [3.63, 3.8) is 0 Å². The van der Waals surface area contributed by atoms with Crippen LogP contribution in [-0.4, -0.2) is 22.1 Å². The number of phenols is 1. The van der Waals surface area contributed by atoms with E-state index >= 15 is 0 Å². The molecule has 4 heteroatoms. The first-order valence-electron chi connectivity index (χ1n) is 14.9. The summed E-state index contributed by atoms with van der Waals surface area (Å²) >= 11 is 0. The van der Waals surface area contributed by atoms with Gasteiger partial charge in [0, 0.05) is 18.0 Å². The Balaban J connectivity index is 1.46. The maximum Gasteiger partial charge on any atom is 0.231 e. The summed E-state index contributed by atoms with van der Waals surface area (Å²) < 4.78 is 1.75. The average molecular weight is 497 g/mol. The Bertz CT molecular complexity index is 884. The highest BCUT2D eigenvalue weighted by Crippen LogP contribution is 2.26. The van der Waals surface area contributed by atoms with Crippen LogP contribution in [0.5, 0.6) is 5.75 Å². The van der Waals surface area contributed by atoms with Gasteiger partial charge in [0.15, 0.2) is 0 Å². The molecule has 2 aromatic rings. The van der Waals surface area contributed by atoms with Gasteiger partial charge in [0.1, 0.15) is 5.75 Å². The van der Waals surface area contributed by atoms with Gasteiger partial charge in [-0.25, -0.2) is 0 Å². The summed E-state index contributed by atoms with van der Waals surface area (Å²) in [4.78, 5) is 12.8. The second-order valence-corrected chi connectivity index (χ2v) is 10.4. The molecule has 0 saturated heterocycles. The van der Waals surface area contributed by atoms with Crippen LogP contribution in [0.15, 0.2) is 36.5 Å². The van der Waals surface area contributed by atoms with Gasteiger partial charge in [-0.2, -0.15) is 0 Å². The molecular formula is C32H52N2O2. The van der Waals surface area contributed by atoms with Crippen molar-refractivity contribution in [3.05, 3.63) is 42.1 Å². The first-order valence-corrected chi connectivity index (χ1v) is 14.9. The van der Waals surface area contributed by atoms with Gasteiger partial charge in [-0.15, -0.1) is 0 Å². The van der Waals surface area contributed by atoms with E-state index in [4.69, 9.17) is 5.73 Å². The van der Waals surface area contributed by atoms with Crippen LogP contribution >= 0.6 is 0 Å². The van der Waals surface area contributed by atoms with Crippen LogP contribution in [0.4, 0.5) is 0 Å². The molecule has 0 radical (unpaired) electrons. The number of benzene rings is 1. The van der Waals surface area contributed by atoms with E-state index in [-0.39, 0.29) is 11.7 Å². The number of phenolic OH excluding ortho intramolecular Hbond substituents is 1. The van der Waals surface area contributed by atoms with Crippen molar-refractivity contribution < 1.29 is 9.90 Å². The van der Waals surface area contributed by atoms with Crippen molar-refractivity contribution in [2.24, 2.45) is 5.73 Å². The summed E-state index contributed by atoms with van der Waals surface area (Å²) in [6.45, 7) is 2.80. The second-order valence-electron chi connectivity index (χ2n) is 10.4. The Labute approximate surface area is 220 Å². The Hall–Kier alpha value is -2.07. The molecule has 202 valence electrons. The molecule has 0 unspecified atom stereocenters. The fourth-order valence-corrected chi connectivity index (χ4v) is 5.02. The van der Waals surface area contributed by atoms with Crippen molar-refractivity contribution in [2.75, 3.05) is 6.54 Å². The van der Waals surface area contributed by atoms with Gasteiger partial charge in [0.2, 0.25) is 5.91 Å². The predicted molar refractivity (Wildman–Crippen MR) is 155 cm³/mol. The molecule has 1 aromatic carbocycles. The number of aromatic hydroxyl groups is 1. The molecule has 1 aromatic heterocycles. The van der Waals surface area contributed by atoms with Crippen LogP contribution in [0.3, 0.4) is 0 Å². The summed E-state index contributed by atoms with van der Waals surface area (Å²) in [6.07, 6.45) is 30.0. The summed E-state index contributed by atoms with van der Waals surface area (Å²) in [5, 5.41) is 10.7. The molecule has 0 saturated carbocycles. The number of nitrogens with two attached hydrogens (primary N) is 1. The number of aromatic nitrogens is 1. The lowest BCUT2D eigenvalue weighted by Crippen LogP contribution is -2.09. The standard InChI is InChI=1S/C32H52N2O2/c1-2-3-4-5-6-7-8-9-10-11-12-13-14-15-16-17-18-19-20-21-32(36)34-27-28(24-25-33)30-26-29(35)22-23-31(30)34/h9-10,22-23,26-27,35H,2-8,11-21,24-25,33H2,1H3/b10-9+. The fourth-order valence-electron chi connectivity index (χ4n) is 5.02. The van der Waals surface area contributed by atoms with Gasteiger partial charge in [0.05, 0.1) is 5.52 Å². The number of carbonyl (C=O) groups is 1. The highest BCUT2D eigenvalue weighted by molar-refractivity contribution is 5.95. The van der Waals surface area contributed by atoms with Crippen molar-refractivity contribution in [3.8, 4) is 5.75 Å². The number of hydrogen-bond donors (Lipinski definition) is 2. The van der Waals surface area contributed by atoms with Crippen molar-refractivity contribution in [1.29, 1.82) is 0 Å². The number of nitrogens with zero attached hydrogens (tertiary/aromatic N) is 1. The summed E-state index contributed by atoms with van der Waals surface area (Å²) in [5.41, 5.74) is 7.63. The highest BCUT2D eigenvalue weighted by atomic mass is 16.3. The first-order chi connectivity index (χ1) is 17.7. The van der Waals surface area contributed by atoms with E-state index in [0.717, 1.165) is 29.3 Å². The summed E-state index contributed by atoms with van der Waals surface area (Å²) in [5.74, 6) is 0.358. The molecule has 0 atom stereocenters. The van der Waals surface area contributed by atoms with Crippen LogP contribution in [-0.2, 0) is 6.42 Å². The number of unbranched alkanes of at least 4 members (excludes halogenated alkanes) is 15. The van der Waals surface area contributed by atoms with E-state index in [1.165, 1.54) is 96.3 Å². The van der Waals surface area contributed by atoms with Crippen molar-refractivity contribution in [1.82, 2.24) is 4.57 Å². The van der Waals surface area contributed by atoms with Gasteiger partial charge in [-0.1, -0.05) is 96.1 Å². The lowest BCUT2D eigenvalue weighted by molar-refractivity contribution is 0.0904. The van der Waals surface area contributed by atoms with E-state index in [0.29, 0.717) is 19.4 Å². The normalized spacial score (nSPS) is 11.7. The monoisotopic (exact) mass is 496 g/mol. The first kappa shape index (κ1) is 30.2. The van der Waals surface area contributed by atoms with E-state index in [2.05, 4.69) is 19.1 Å². The molecular weight excluding hydrogens is 444 g/mol. The molecule has 0 bridgehead atoms. The largest absolute Gasteiger partial charge is 0.508 e. The van der Waals surface area contributed by atoms with Crippen molar-refractivity contribution >= 4 is 16.8 Å². The van der Waals surface area contributed by atoms with Gasteiger partial charge in [-0.05, 0) is 68.8 Å². The number of carbonyl (C=O) groups excluding carboxylic acids is 1. The van der Waals surface area contributed by atoms with Gasteiger partial charge < -0.3 is 10.8 Å². The van der Waals surface area contributed by atoms with Crippen molar-refractivity contribution in [2.45, 2.75) is 129 Å². The van der Waals surface area contributed by atoms with Crippen LogP contribution in [0.1, 0.15) is 133 Å². The zero-order chi connectivity index (χ0) is 25.8. The quantitative estimate of drug-likeness (QED) is 0.134. The number of allylic oxidation sites excluding steroid dienone is 2. The summed E-state index contributed by atoms with van der Waals surface area (Å²) in [6, 6.07) is 5.21. The minimum Gasteiger partial charge on any atom is -0.508 e. The van der Waals surface area contributed by atoms with E-state index in [1.54, 1.807) is 16.7 Å². The molecule has 4 nitrogen and oxygen atoms in total. The average Bonchev–Trinajstić information content (AvgIpc) is 3.23. The zero-order valence-electron chi connectivity index (χ0n) is 23.0. The van der Waals surface area contributed by atoms with Crippen LogP contribution < -0.4 is 5.73 Å². The fraction of sp³-hybridized carbons (Fsp3) is 0.656. The van der Waals surface area contributed by atoms with Crippen LogP contribution in [0.2, 0.25) is 0 Å². The molecule has 3 N–H and O–H groups in total. The predicted octanol–water partition coefficient (Wildman–Crippen LogP) is 9.09. The Morgan fingerprint density at radius 1 is 0.833 bits per heavy atom.